The summed E-state index contributed by atoms with van der Waals surface area (Å²) in [7, 11) is 1.60. The minimum atomic E-state index is -0.566. The van der Waals surface area contributed by atoms with Crippen LogP contribution in [0.15, 0.2) is 30.3 Å². The van der Waals surface area contributed by atoms with Crippen LogP contribution in [0, 0.1) is 0 Å². The molecule has 0 saturated carbocycles. The van der Waals surface area contributed by atoms with Crippen LogP contribution in [0.4, 0.5) is 4.79 Å². The molecule has 0 aromatic heterocycles. The van der Waals surface area contributed by atoms with Crippen molar-refractivity contribution in [3.8, 4) is 5.75 Å². The third kappa shape index (κ3) is 9.11. The molecule has 0 atom stereocenters. The second-order valence-electron chi connectivity index (χ2n) is 8.45. The largest absolute Gasteiger partial charge is 0.497 e. The van der Waals surface area contributed by atoms with Crippen LogP contribution in [0.5, 0.6) is 5.75 Å². The molecule has 31 heavy (non-hydrogen) atoms. The van der Waals surface area contributed by atoms with Crippen LogP contribution in [0.3, 0.4) is 0 Å². The normalized spacial score (nSPS) is 14.9. The Morgan fingerprint density at radius 3 is 2.55 bits per heavy atom. The van der Waals surface area contributed by atoms with E-state index in [0.29, 0.717) is 25.9 Å². The summed E-state index contributed by atoms with van der Waals surface area (Å²) < 4.78 is 10.3. The zero-order valence-corrected chi connectivity index (χ0v) is 18.8. The number of carbonyl (C=O) groups is 3. The van der Waals surface area contributed by atoms with Gasteiger partial charge in [0.05, 0.1) is 7.11 Å². The van der Waals surface area contributed by atoms with Crippen molar-refractivity contribution in [1.29, 1.82) is 0 Å². The maximum absolute atomic E-state index is 12.3. The van der Waals surface area contributed by atoms with Crippen LogP contribution in [0.1, 0.15) is 45.6 Å². The van der Waals surface area contributed by atoms with Crippen molar-refractivity contribution in [3.05, 3.63) is 35.9 Å². The lowest BCUT2D eigenvalue weighted by Crippen LogP contribution is -2.46. The number of amides is 3. The molecule has 1 aliphatic rings. The number of nitrogens with one attached hydrogen (secondary N) is 2. The van der Waals surface area contributed by atoms with Gasteiger partial charge in [-0.05, 0) is 57.4 Å². The molecule has 1 fully saturated rings. The molecule has 0 unspecified atom stereocenters. The Kier molecular flexibility index (Phi) is 8.90. The molecule has 0 spiro atoms. The van der Waals surface area contributed by atoms with E-state index in [1.165, 1.54) is 6.08 Å². The van der Waals surface area contributed by atoms with E-state index in [4.69, 9.17) is 9.47 Å². The first-order valence-electron chi connectivity index (χ1n) is 10.5. The van der Waals surface area contributed by atoms with Gasteiger partial charge in [0.2, 0.25) is 11.8 Å². The molecule has 1 aromatic carbocycles. The van der Waals surface area contributed by atoms with E-state index >= 15 is 0 Å². The second-order valence-corrected chi connectivity index (χ2v) is 8.45. The topological polar surface area (TPSA) is 97.0 Å². The summed E-state index contributed by atoms with van der Waals surface area (Å²) in [5.74, 6) is 0.564. The second kappa shape index (κ2) is 11.4. The molecule has 0 radical (unpaired) electrons. The van der Waals surface area contributed by atoms with E-state index < -0.39 is 11.7 Å². The van der Waals surface area contributed by atoms with Crippen molar-refractivity contribution in [3.63, 3.8) is 0 Å². The van der Waals surface area contributed by atoms with Crippen molar-refractivity contribution in [2.75, 3.05) is 26.7 Å². The molecule has 0 bridgehead atoms. The van der Waals surface area contributed by atoms with Gasteiger partial charge in [-0.15, -0.1) is 0 Å². The first-order valence-corrected chi connectivity index (χ1v) is 10.5. The smallest absolute Gasteiger partial charge is 0.407 e. The fraction of sp³-hybridized carbons (Fsp3) is 0.522. The lowest BCUT2D eigenvalue weighted by atomic mass is 10.0. The highest BCUT2D eigenvalue weighted by Gasteiger charge is 2.23. The van der Waals surface area contributed by atoms with Gasteiger partial charge in [0.15, 0.2) is 0 Å². The third-order valence-corrected chi connectivity index (χ3v) is 4.72. The van der Waals surface area contributed by atoms with Crippen molar-refractivity contribution in [2.45, 2.75) is 51.7 Å². The number of methoxy groups -OCH3 is 1. The minimum absolute atomic E-state index is 0.0150. The van der Waals surface area contributed by atoms with Gasteiger partial charge in [-0.3, -0.25) is 9.59 Å². The quantitative estimate of drug-likeness (QED) is 0.647. The fourth-order valence-electron chi connectivity index (χ4n) is 3.18. The number of hydrogen-bond acceptors (Lipinski definition) is 5. The number of likely N-dealkylation sites (tertiary alicyclic amines) is 1. The van der Waals surface area contributed by atoms with Crippen molar-refractivity contribution in [1.82, 2.24) is 15.5 Å². The molecule has 1 aliphatic heterocycles. The molecule has 2 N–H and O–H groups in total. The van der Waals surface area contributed by atoms with Crippen LogP contribution < -0.4 is 15.4 Å². The predicted octanol–water partition coefficient (Wildman–Crippen LogP) is 2.73. The molecule has 2 rings (SSSR count). The van der Waals surface area contributed by atoms with Crippen LogP contribution in [0.25, 0.3) is 6.08 Å². The SMILES string of the molecule is COc1cccc(/C=C/C(=O)NC2CCN(C(=O)CCNC(=O)OC(C)(C)C)CC2)c1. The fourth-order valence-corrected chi connectivity index (χ4v) is 3.18. The van der Waals surface area contributed by atoms with Crippen LogP contribution in [0.2, 0.25) is 0 Å². The number of nitrogens with zero attached hydrogens (tertiary/aromatic N) is 1. The van der Waals surface area contributed by atoms with Gasteiger partial charge >= 0.3 is 6.09 Å². The molecular formula is C23H33N3O5. The van der Waals surface area contributed by atoms with Gasteiger partial charge in [-0.25, -0.2) is 4.79 Å². The lowest BCUT2D eigenvalue weighted by molar-refractivity contribution is -0.132. The van der Waals surface area contributed by atoms with Gasteiger partial charge < -0.3 is 25.0 Å². The zero-order valence-electron chi connectivity index (χ0n) is 18.8. The van der Waals surface area contributed by atoms with Crippen LogP contribution in [-0.2, 0) is 14.3 Å². The van der Waals surface area contributed by atoms with Crippen molar-refractivity contribution < 1.29 is 23.9 Å². The van der Waals surface area contributed by atoms with E-state index in [0.717, 1.165) is 11.3 Å². The monoisotopic (exact) mass is 431 g/mol. The summed E-state index contributed by atoms with van der Waals surface area (Å²) in [5.41, 5.74) is 0.318. The molecular weight excluding hydrogens is 398 g/mol. The van der Waals surface area contributed by atoms with Crippen molar-refractivity contribution in [2.24, 2.45) is 0 Å². The highest BCUT2D eigenvalue weighted by atomic mass is 16.6. The Morgan fingerprint density at radius 1 is 1.19 bits per heavy atom. The zero-order chi connectivity index (χ0) is 22.9. The van der Waals surface area contributed by atoms with Gasteiger partial charge in [0.1, 0.15) is 11.4 Å². The van der Waals surface area contributed by atoms with E-state index in [1.54, 1.807) is 38.9 Å². The Morgan fingerprint density at radius 2 is 1.90 bits per heavy atom. The summed E-state index contributed by atoms with van der Waals surface area (Å²) in [6, 6.07) is 7.50. The number of piperidine rings is 1. The molecule has 0 aliphatic carbocycles. The summed E-state index contributed by atoms with van der Waals surface area (Å²) in [4.78, 5) is 37.9. The van der Waals surface area contributed by atoms with Gasteiger partial charge in [0, 0.05) is 38.2 Å². The Balaban J connectivity index is 1.68. The van der Waals surface area contributed by atoms with E-state index in [9.17, 15) is 14.4 Å². The van der Waals surface area contributed by atoms with E-state index in [-0.39, 0.29) is 30.8 Å². The standard InChI is InChI=1S/C23H33N3O5/c1-23(2,3)31-22(29)24-13-10-21(28)26-14-11-18(12-15-26)25-20(27)9-8-17-6-5-7-19(16-17)30-4/h5-9,16,18H,10-15H2,1-4H3,(H,24,29)(H,25,27)/b9-8+. The maximum Gasteiger partial charge on any atom is 0.407 e. The summed E-state index contributed by atoms with van der Waals surface area (Å²) in [6.07, 6.45) is 4.35. The molecule has 1 heterocycles. The first kappa shape index (κ1) is 24.2. The number of carbonyl (C=O) groups excluding carboxylic acids is 3. The number of benzene rings is 1. The van der Waals surface area contributed by atoms with Gasteiger partial charge in [-0.2, -0.15) is 0 Å². The molecule has 1 saturated heterocycles. The molecule has 8 heteroatoms. The predicted molar refractivity (Wildman–Crippen MR) is 119 cm³/mol. The highest BCUT2D eigenvalue weighted by molar-refractivity contribution is 5.92. The van der Waals surface area contributed by atoms with Crippen LogP contribution >= 0.6 is 0 Å². The minimum Gasteiger partial charge on any atom is -0.497 e. The number of alkyl carbamates (subject to hydrolysis) is 1. The molecule has 3 amide bonds. The molecule has 170 valence electrons. The maximum atomic E-state index is 12.3. The third-order valence-electron chi connectivity index (χ3n) is 4.72. The number of hydrogen-bond donors (Lipinski definition) is 2. The molecule has 8 nitrogen and oxygen atoms in total. The first-order chi connectivity index (χ1) is 14.7. The Bertz CT molecular complexity index is 793. The average Bonchev–Trinajstić information content (AvgIpc) is 2.71. The van der Waals surface area contributed by atoms with E-state index in [2.05, 4.69) is 10.6 Å². The average molecular weight is 432 g/mol. The highest BCUT2D eigenvalue weighted by Crippen LogP contribution is 2.14. The summed E-state index contributed by atoms with van der Waals surface area (Å²) in [6.45, 7) is 6.75. The molecule has 1 aromatic rings. The summed E-state index contributed by atoms with van der Waals surface area (Å²) in [5, 5.41) is 5.59. The lowest BCUT2D eigenvalue weighted by Gasteiger charge is -2.32. The van der Waals surface area contributed by atoms with Crippen molar-refractivity contribution >= 4 is 24.0 Å². The number of rotatable bonds is 7. The van der Waals surface area contributed by atoms with Crippen LogP contribution in [-0.4, -0.2) is 61.2 Å². The Labute approximate surface area is 184 Å². The van der Waals surface area contributed by atoms with E-state index in [1.807, 2.05) is 24.3 Å². The summed E-state index contributed by atoms with van der Waals surface area (Å²) >= 11 is 0. The van der Waals surface area contributed by atoms with Gasteiger partial charge in [0.25, 0.3) is 0 Å². The Hall–Kier alpha value is -3.03. The van der Waals surface area contributed by atoms with Gasteiger partial charge in [-0.1, -0.05) is 12.1 Å². The number of ether oxygens (including phenoxy) is 2.